The topological polar surface area (TPSA) is 154 Å². The number of anilines is 1. The van der Waals surface area contributed by atoms with Crippen molar-refractivity contribution in [3.05, 3.63) is 81.4 Å². The Balaban J connectivity index is 1.26. The molecule has 0 amide bonds. The first-order valence-electron chi connectivity index (χ1n) is 19.4. The largest absolute Gasteiger partial charge is 0.481 e. The van der Waals surface area contributed by atoms with Crippen molar-refractivity contribution in [1.82, 2.24) is 34.1 Å². The van der Waals surface area contributed by atoms with Crippen molar-refractivity contribution >= 4 is 27.5 Å². The molecule has 0 radical (unpaired) electrons. The molecule has 0 unspecified atom stereocenters. The Bertz CT molecular complexity index is 2270. The van der Waals surface area contributed by atoms with Crippen LogP contribution in [0.5, 0.6) is 0 Å². The lowest BCUT2D eigenvalue weighted by molar-refractivity contribution is -0.147. The maximum absolute atomic E-state index is 14.8. The molecule has 6 heterocycles. The number of carboxylic acids is 1. The number of halogens is 3. The van der Waals surface area contributed by atoms with Crippen molar-refractivity contribution in [2.45, 2.75) is 77.4 Å². The molecule has 3 aromatic heterocycles. The Hall–Kier alpha value is -4.16. The normalized spacial score (nSPS) is 19.6. The van der Waals surface area contributed by atoms with Gasteiger partial charge in [-0.15, -0.1) is 10.2 Å². The summed E-state index contributed by atoms with van der Waals surface area (Å²) in [5, 5.41) is 24.6. The van der Waals surface area contributed by atoms with Crippen LogP contribution in [-0.4, -0.2) is 107 Å². The second-order valence-electron chi connectivity index (χ2n) is 16.4. The fourth-order valence-electron chi connectivity index (χ4n) is 8.66. The fraction of sp³-hybridized carbons (Fsp3) is 0.550. The van der Waals surface area contributed by atoms with Gasteiger partial charge in [0.15, 0.2) is 5.65 Å². The van der Waals surface area contributed by atoms with Gasteiger partial charge in [0.05, 0.1) is 11.1 Å². The van der Waals surface area contributed by atoms with Crippen molar-refractivity contribution in [2.75, 3.05) is 64.3 Å². The van der Waals surface area contributed by atoms with E-state index in [-0.39, 0.29) is 23.6 Å². The Kier molecular flexibility index (Phi) is 11.2. The van der Waals surface area contributed by atoms with Gasteiger partial charge < -0.3 is 20.5 Å². The predicted octanol–water partition coefficient (Wildman–Crippen LogP) is 5.17. The molecule has 1 atom stereocenters. The molecule has 0 aliphatic carbocycles. The molecule has 2 saturated heterocycles. The minimum absolute atomic E-state index is 0.0190. The third-order valence-electron chi connectivity index (χ3n) is 12.2. The Morgan fingerprint density at radius 1 is 1.05 bits per heavy atom. The van der Waals surface area contributed by atoms with E-state index in [1.807, 2.05) is 26.0 Å². The van der Waals surface area contributed by atoms with E-state index < -0.39 is 44.7 Å². The van der Waals surface area contributed by atoms with Gasteiger partial charge in [0, 0.05) is 77.7 Å². The molecule has 7 rings (SSSR count). The Morgan fingerprint density at radius 3 is 2.46 bits per heavy atom. The average molecular weight is 813 g/mol. The van der Waals surface area contributed by atoms with Crippen molar-refractivity contribution in [1.29, 1.82) is 0 Å². The summed E-state index contributed by atoms with van der Waals surface area (Å²) >= 11 is 0. The highest BCUT2D eigenvalue weighted by atomic mass is 32.2. The number of ether oxygens (including phenoxy) is 1. The number of sulfonamides is 1. The summed E-state index contributed by atoms with van der Waals surface area (Å²) in [5.74, 6) is -2.46. The van der Waals surface area contributed by atoms with Crippen LogP contribution in [0.4, 0.5) is 19.0 Å². The van der Waals surface area contributed by atoms with Gasteiger partial charge in [-0.05, 0) is 105 Å². The van der Waals surface area contributed by atoms with Gasteiger partial charge in [-0.25, -0.2) is 13.4 Å². The average Bonchev–Trinajstić information content (AvgIpc) is 3.59. The molecule has 3 N–H and O–H groups in total. The van der Waals surface area contributed by atoms with Crippen LogP contribution in [0.15, 0.2) is 41.4 Å². The van der Waals surface area contributed by atoms with Crippen molar-refractivity contribution in [3.63, 3.8) is 0 Å². The number of benzene rings is 1. The maximum atomic E-state index is 14.8. The highest BCUT2D eigenvalue weighted by Gasteiger charge is 2.45. The standard InChI is InChI=1S/C40H51F3N8O5S/c1-25-6-7-28(33(38(4,5)37(52)53)30-8-14-51-35(27(30)3)47-48-36(51)40(41,42)43)21-29(25)23-50-24-39(9-18-56-19-10-39)22-31-32(57(50,54)55)20-26(2)34(46-31)45-13-17-49-15-11-44-12-16-49/h6-8,14,20-21,33,44H,9-13,15-19,22-24H2,1-5H3,(H,45,46)(H,52,53)/t33-/m1/s1. The van der Waals surface area contributed by atoms with Crippen LogP contribution >= 0.6 is 0 Å². The first-order valence-corrected chi connectivity index (χ1v) is 20.8. The summed E-state index contributed by atoms with van der Waals surface area (Å²) in [7, 11) is -4.07. The van der Waals surface area contributed by atoms with Crippen molar-refractivity contribution in [3.8, 4) is 0 Å². The molecule has 0 bridgehead atoms. The number of nitrogens with zero attached hydrogens (tertiary/aromatic N) is 6. The van der Waals surface area contributed by atoms with E-state index in [1.54, 1.807) is 37.2 Å². The summed E-state index contributed by atoms with van der Waals surface area (Å²) < 4.78 is 79.0. The lowest BCUT2D eigenvalue weighted by atomic mass is 9.70. The molecule has 0 saturated carbocycles. The molecule has 3 aliphatic heterocycles. The number of carboxylic acid groups (broad SMARTS) is 1. The number of aryl methyl sites for hydroxylation is 3. The van der Waals surface area contributed by atoms with E-state index >= 15 is 0 Å². The van der Waals surface area contributed by atoms with E-state index in [0.717, 1.165) is 48.3 Å². The third-order valence-corrected chi connectivity index (χ3v) is 14.0. The monoisotopic (exact) mass is 812 g/mol. The summed E-state index contributed by atoms with van der Waals surface area (Å²) in [6.45, 7) is 15.2. The van der Waals surface area contributed by atoms with Gasteiger partial charge in [0.1, 0.15) is 10.7 Å². The number of nitrogens with one attached hydrogen (secondary N) is 2. The number of hydrogen-bond donors (Lipinski definition) is 3. The predicted molar refractivity (Wildman–Crippen MR) is 208 cm³/mol. The number of piperazine rings is 1. The first kappa shape index (κ1) is 41.0. The third kappa shape index (κ3) is 8.00. The van der Waals surface area contributed by atoms with Crippen LogP contribution < -0.4 is 10.6 Å². The van der Waals surface area contributed by atoms with Crippen LogP contribution in [-0.2, 0) is 38.7 Å². The molecule has 1 spiro atoms. The number of fused-ring (bicyclic) bond motifs is 2. The minimum Gasteiger partial charge on any atom is -0.481 e. The molecular formula is C40H51F3N8O5S. The molecular weight excluding hydrogens is 762 g/mol. The number of aliphatic carboxylic acids is 1. The van der Waals surface area contributed by atoms with Crippen LogP contribution in [0.1, 0.15) is 77.5 Å². The highest BCUT2D eigenvalue weighted by molar-refractivity contribution is 7.89. The quantitative estimate of drug-likeness (QED) is 0.194. The molecule has 308 valence electrons. The second-order valence-corrected chi connectivity index (χ2v) is 18.3. The zero-order chi connectivity index (χ0) is 40.9. The zero-order valence-corrected chi connectivity index (χ0v) is 33.9. The number of hydrogen-bond acceptors (Lipinski definition) is 10. The maximum Gasteiger partial charge on any atom is 0.452 e. The summed E-state index contributed by atoms with van der Waals surface area (Å²) in [5.41, 5.74) is 2.28. The van der Waals surface area contributed by atoms with E-state index in [9.17, 15) is 31.5 Å². The van der Waals surface area contributed by atoms with E-state index in [1.165, 1.54) is 12.3 Å². The highest BCUT2D eigenvalue weighted by Crippen LogP contribution is 2.45. The molecule has 2 fully saturated rings. The number of alkyl halides is 3. The van der Waals surface area contributed by atoms with Crippen LogP contribution in [0, 0.1) is 31.6 Å². The lowest BCUT2D eigenvalue weighted by Gasteiger charge is -2.38. The Morgan fingerprint density at radius 2 is 1.77 bits per heavy atom. The molecule has 4 aromatic rings. The van der Waals surface area contributed by atoms with Gasteiger partial charge in [-0.2, -0.15) is 17.5 Å². The van der Waals surface area contributed by atoms with E-state index in [2.05, 4.69) is 25.7 Å². The molecule has 3 aliphatic rings. The van der Waals surface area contributed by atoms with Crippen LogP contribution in [0.2, 0.25) is 0 Å². The molecule has 13 nitrogen and oxygen atoms in total. The van der Waals surface area contributed by atoms with Gasteiger partial charge in [-0.1, -0.05) is 18.2 Å². The van der Waals surface area contributed by atoms with Gasteiger partial charge >= 0.3 is 12.1 Å². The first-order chi connectivity index (χ1) is 26.9. The number of aromatic nitrogens is 4. The molecule has 17 heteroatoms. The lowest BCUT2D eigenvalue weighted by Crippen LogP contribution is -2.45. The summed E-state index contributed by atoms with van der Waals surface area (Å²) in [6, 6.07) is 8.71. The Labute approximate surface area is 331 Å². The minimum atomic E-state index is -4.74. The SMILES string of the molecule is Cc1ccc([C@H](c2ccn3c(C(F)(F)F)nnc3c2C)C(C)(C)C(=O)O)cc1CN1CC2(CCOCC2)Cc2nc(NCCN3CCNCC3)c(C)cc2S1(=O)=O. The van der Waals surface area contributed by atoms with Gasteiger partial charge in [0.25, 0.3) is 0 Å². The fourth-order valence-corrected chi connectivity index (χ4v) is 10.4. The molecule has 57 heavy (non-hydrogen) atoms. The van der Waals surface area contributed by atoms with Crippen molar-refractivity contribution < 1.29 is 36.2 Å². The van der Waals surface area contributed by atoms with Crippen LogP contribution in [0.25, 0.3) is 5.65 Å². The van der Waals surface area contributed by atoms with Crippen LogP contribution in [0.3, 0.4) is 0 Å². The summed E-state index contributed by atoms with van der Waals surface area (Å²) in [6.07, 6.45) is -1.72. The smallest absolute Gasteiger partial charge is 0.452 e. The van der Waals surface area contributed by atoms with Gasteiger partial charge in [0.2, 0.25) is 15.8 Å². The van der Waals surface area contributed by atoms with E-state index in [0.29, 0.717) is 72.8 Å². The van der Waals surface area contributed by atoms with Crippen molar-refractivity contribution in [2.24, 2.45) is 10.8 Å². The zero-order valence-electron chi connectivity index (χ0n) is 33.0. The van der Waals surface area contributed by atoms with E-state index in [4.69, 9.17) is 9.72 Å². The number of carbonyl (C=O) groups is 1. The second kappa shape index (κ2) is 15.5. The number of pyridine rings is 2. The molecule has 1 aromatic carbocycles. The van der Waals surface area contributed by atoms with Gasteiger partial charge in [-0.3, -0.25) is 14.1 Å². The number of rotatable bonds is 10. The summed E-state index contributed by atoms with van der Waals surface area (Å²) in [4.78, 5) is 20.5.